The number of alkyl halides is 2. The van der Waals surface area contributed by atoms with Gasteiger partial charge in [-0.15, -0.1) is 0 Å². The van der Waals surface area contributed by atoms with Crippen molar-refractivity contribution in [1.82, 2.24) is 10.3 Å². The van der Waals surface area contributed by atoms with Gasteiger partial charge in [0.05, 0.1) is 25.0 Å². The van der Waals surface area contributed by atoms with E-state index in [0.29, 0.717) is 22.8 Å². The number of halogens is 2. The van der Waals surface area contributed by atoms with Crippen molar-refractivity contribution in [3.63, 3.8) is 0 Å². The van der Waals surface area contributed by atoms with E-state index in [-0.39, 0.29) is 18.8 Å². The number of aromatic amines is 1. The Hall–Kier alpha value is -3.55. The van der Waals surface area contributed by atoms with E-state index < -0.39 is 12.5 Å². The Labute approximate surface area is 166 Å². The molecule has 8 heteroatoms. The third kappa shape index (κ3) is 5.04. The number of H-pyrrole nitrogens is 1. The highest BCUT2D eigenvalue weighted by atomic mass is 19.3. The fourth-order valence-electron chi connectivity index (χ4n) is 2.88. The highest BCUT2D eigenvalue weighted by Crippen LogP contribution is 2.36. The number of methoxy groups -OCH3 is 1. The van der Waals surface area contributed by atoms with Crippen molar-refractivity contribution in [3.05, 3.63) is 60.3 Å². The van der Waals surface area contributed by atoms with E-state index in [4.69, 9.17) is 15.2 Å². The molecule has 0 spiro atoms. The first-order valence-electron chi connectivity index (χ1n) is 8.90. The molecule has 6 nitrogen and oxygen atoms in total. The average Bonchev–Trinajstić information content (AvgIpc) is 3.17. The molecule has 0 atom stereocenters. The summed E-state index contributed by atoms with van der Waals surface area (Å²) < 4.78 is 37.3. The number of rotatable bonds is 8. The average molecular weight is 401 g/mol. The number of nitrogens with one attached hydrogen (secondary N) is 2. The first kappa shape index (κ1) is 20.2. The summed E-state index contributed by atoms with van der Waals surface area (Å²) in [4.78, 5) is 13.5. The van der Waals surface area contributed by atoms with Gasteiger partial charge in [-0.3, -0.25) is 0 Å². The van der Waals surface area contributed by atoms with E-state index in [9.17, 15) is 13.6 Å². The van der Waals surface area contributed by atoms with Gasteiger partial charge in [0, 0.05) is 5.56 Å². The summed E-state index contributed by atoms with van der Waals surface area (Å²) in [7, 11) is 1.57. The summed E-state index contributed by atoms with van der Waals surface area (Å²) >= 11 is 0. The lowest BCUT2D eigenvalue weighted by Gasteiger charge is -2.09. The van der Waals surface area contributed by atoms with Gasteiger partial charge in [-0.1, -0.05) is 12.1 Å². The van der Waals surface area contributed by atoms with Gasteiger partial charge >= 0.3 is 6.03 Å². The molecule has 0 radical (unpaired) electrons. The van der Waals surface area contributed by atoms with E-state index in [1.807, 2.05) is 12.1 Å². The van der Waals surface area contributed by atoms with Crippen LogP contribution < -0.4 is 20.5 Å². The molecule has 0 aliphatic rings. The molecular formula is C21H21F2N3O3. The van der Waals surface area contributed by atoms with Gasteiger partial charge in [-0.2, -0.15) is 0 Å². The summed E-state index contributed by atoms with van der Waals surface area (Å²) in [6.07, 6.45) is -2.61. The second-order valence-corrected chi connectivity index (χ2v) is 6.21. The largest absolute Gasteiger partial charge is 0.497 e. The number of carbonyl (C=O) groups excluding carboxylic acids is 1. The maximum atomic E-state index is 13.3. The van der Waals surface area contributed by atoms with Crippen molar-refractivity contribution < 1.29 is 23.0 Å². The Morgan fingerprint density at radius 3 is 2.28 bits per heavy atom. The molecule has 0 saturated heterocycles. The molecule has 29 heavy (non-hydrogen) atoms. The summed E-state index contributed by atoms with van der Waals surface area (Å²) in [5.74, 6) is 1.28. The third-order valence-corrected chi connectivity index (χ3v) is 4.29. The number of urea groups is 1. The van der Waals surface area contributed by atoms with Crippen LogP contribution in [0.25, 0.3) is 22.4 Å². The predicted octanol–water partition coefficient (Wildman–Crippen LogP) is 4.34. The zero-order valence-corrected chi connectivity index (χ0v) is 15.7. The van der Waals surface area contributed by atoms with Crippen LogP contribution in [0.1, 0.15) is 12.1 Å². The predicted molar refractivity (Wildman–Crippen MR) is 106 cm³/mol. The summed E-state index contributed by atoms with van der Waals surface area (Å²) in [6.45, 7) is 0.549. The van der Waals surface area contributed by atoms with E-state index >= 15 is 0 Å². The van der Waals surface area contributed by atoms with Crippen LogP contribution in [0.15, 0.2) is 54.6 Å². The highest BCUT2D eigenvalue weighted by molar-refractivity contribution is 5.82. The van der Waals surface area contributed by atoms with Gasteiger partial charge in [0.1, 0.15) is 18.1 Å². The van der Waals surface area contributed by atoms with Gasteiger partial charge in [0.2, 0.25) is 0 Å². The lowest BCUT2D eigenvalue weighted by molar-refractivity contribution is 0.147. The van der Waals surface area contributed by atoms with Gasteiger partial charge in [-0.25, -0.2) is 13.6 Å². The number of benzene rings is 2. The quantitative estimate of drug-likeness (QED) is 0.491. The Balaban J connectivity index is 1.84. The molecule has 3 rings (SSSR count). The number of aromatic nitrogens is 1. The van der Waals surface area contributed by atoms with Gasteiger partial charge in [0.25, 0.3) is 6.43 Å². The molecule has 152 valence electrons. The van der Waals surface area contributed by atoms with Crippen molar-refractivity contribution in [1.29, 1.82) is 0 Å². The minimum atomic E-state index is -2.61. The summed E-state index contributed by atoms with van der Waals surface area (Å²) in [5, 5.41) is 2.43. The zero-order chi connectivity index (χ0) is 20.8. The van der Waals surface area contributed by atoms with Crippen LogP contribution in [-0.4, -0.2) is 31.3 Å². The van der Waals surface area contributed by atoms with Crippen LogP contribution in [-0.2, 0) is 0 Å². The molecule has 0 fully saturated rings. The van der Waals surface area contributed by atoms with E-state index in [1.165, 1.54) is 6.07 Å². The van der Waals surface area contributed by atoms with Crippen molar-refractivity contribution in [2.75, 3.05) is 20.3 Å². The highest BCUT2D eigenvalue weighted by Gasteiger charge is 2.17. The summed E-state index contributed by atoms with van der Waals surface area (Å²) in [5.41, 5.74) is 7.63. The molecule has 1 aromatic heterocycles. The first-order chi connectivity index (χ1) is 14.0. The number of primary amides is 1. The fourth-order valence-corrected chi connectivity index (χ4v) is 2.88. The van der Waals surface area contributed by atoms with E-state index in [0.717, 1.165) is 11.1 Å². The topological polar surface area (TPSA) is 89.4 Å². The molecule has 0 unspecified atom stereocenters. The number of amides is 2. The van der Waals surface area contributed by atoms with Gasteiger partial charge in [0.15, 0.2) is 0 Å². The molecular weight excluding hydrogens is 380 g/mol. The number of ether oxygens (including phenoxy) is 2. The number of hydrogen-bond donors (Lipinski definition) is 3. The van der Waals surface area contributed by atoms with Crippen molar-refractivity contribution in [2.24, 2.45) is 5.73 Å². The van der Waals surface area contributed by atoms with Crippen LogP contribution in [0.2, 0.25) is 0 Å². The van der Waals surface area contributed by atoms with Crippen molar-refractivity contribution >= 4 is 6.03 Å². The maximum Gasteiger partial charge on any atom is 0.312 e. The van der Waals surface area contributed by atoms with E-state index in [1.54, 1.807) is 43.5 Å². The Morgan fingerprint density at radius 2 is 1.69 bits per heavy atom. The SMILES string of the molecule is COc1ccc(-c2[nH]c(C(F)F)cc2-c2ccc(OCCNC(N)=O)cc2)cc1. The molecule has 2 aromatic carbocycles. The van der Waals surface area contributed by atoms with Crippen LogP contribution in [0.5, 0.6) is 11.5 Å². The first-order valence-corrected chi connectivity index (χ1v) is 8.90. The molecule has 0 bridgehead atoms. The molecule has 0 saturated carbocycles. The van der Waals surface area contributed by atoms with Crippen LogP contribution in [0.3, 0.4) is 0 Å². The molecule has 3 aromatic rings. The maximum absolute atomic E-state index is 13.3. The molecule has 1 heterocycles. The zero-order valence-electron chi connectivity index (χ0n) is 15.7. The van der Waals surface area contributed by atoms with Gasteiger partial charge < -0.3 is 25.5 Å². The minimum absolute atomic E-state index is 0.149. The van der Waals surface area contributed by atoms with Crippen molar-refractivity contribution in [2.45, 2.75) is 6.43 Å². The fraction of sp³-hybridized carbons (Fsp3) is 0.190. The lowest BCUT2D eigenvalue weighted by atomic mass is 10.0. The number of nitrogens with two attached hydrogens (primary N) is 1. The lowest BCUT2D eigenvalue weighted by Crippen LogP contribution is -2.32. The Kier molecular flexibility index (Phi) is 6.33. The van der Waals surface area contributed by atoms with Gasteiger partial charge in [-0.05, 0) is 53.6 Å². The third-order valence-electron chi connectivity index (χ3n) is 4.29. The smallest absolute Gasteiger partial charge is 0.312 e. The standard InChI is InChI=1S/C21H21F2N3O3/c1-28-15-6-4-14(5-7-15)19-17(12-18(26-19)20(22)23)13-2-8-16(9-3-13)29-11-10-25-21(24)27/h2-9,12,20,26H,10-11H2,1H3,(H3,24,25,27). The minimum Gasteiger partial charge on any atom is -0.497 e. The van der Waals surface area contributed by atoms with E-state index in [2.05, 4.69) is 10.3 Å². The second kappa shape index (κ2) is 9.09. The normalized spacial score (nSPS) is 10.8. The summed E-state index contributed by atoms with van der Waals surface area (Å²) in [6, 6.07) is 15.1. The van der Waals surface area contributed by atoms with Crippen molar-refractivity contribution in [3.8, 4) is 33.9 Å². The molecule has 2 amide bonds. The molecule has 0 aliphatic heterocycles. The molecule has 4 N–H and O–H groups in total. The van der Waals surface area contributed by atoms with Crippen LogP contribution in [0, 0.1) is 0 Å². The van der Waals surface area contributed by atoms with Crippen LogP contribution >= 0.6 is 0 Å². The second-order valence-electron chi connectivity index (χ2n) is 6.21. The number of carbonyl (C=O) groups is 1. The Bertz CT molecular complexity index is 954. The van der Waals surface area contributed by atoms with Crippen LogP contribution in [0.4, 0.5) is 13.6 Å². The number of hydrogen-bond acceptors (Lipinski definition) is 3. The molecule has 0 aliphatic carbocycles. The monoisotopic (exact) mass is 401 g/mol. The Morgan fingerprint density at radius 1 is 1.07 bits per heavy atom.